The van der Waals surface area contributed by atoms with Crippen LogP contribution in [0.5, 0.6) is 0 Å². The highest BCUT2D eigenvalue weighted by Crippen LogP contribution is 2.36. The molecule has 2 N–H and O–H groups in total. The van der Waals surface area contributed by atoms with E-state index >= 15 is 0 Å². The number of hydrogen-bond acceptors (Lipinski definition) is 4. The molecule has 0 bridgehead atoms. The summed E-state index contributed by atoms with van der Waals surface area (Å²) in [5.41, 5.74) is -0.812. The molecule has 3 fully saturated rings. The van der Waals surface area contributed by atoms with Gasteiger partial charge in [0.25, 0.3) is 5.91 Å². The number of nitrogens with zero attached hydrogens (tertiary/aromatic N) is 3. The van der Waals surface area contributed by atoms with E-state index in [2.05, 4.69) is 22.7 Å². The molecule has 28 heavy (non-hydrogen) atoms. The van der Waals surface area contributed by atoms with Crippen LogP contribution in [0.1, 0.15) is 70.8 Å². The summed E-state index contributed by atoms with van der Waals surface area (Å²) in [4.78, 5) is 38.9. The highest BCUT2D eigenvalue weighted by molar-refractivity contribution is 6.10. The number of imide groups is 1. The normalized spacial score (nSPS) is 28.6. The minimum absolute atomic E-state index is 0.264. The molecular weight excluding hydrogens is 358 g/mol. The lowest BCUT2D eigenvalue weighted by Gasteiger charge is -2.33. The molecule has 1 aromatic rings. The van der Waals surface area contributed by atoms with Gasteiger partial charge in [0.1, 0.15) is 17.9 Å². The van der Waals surface area contributed by atoms with Gasteiger partial charge in [-0.3, -0.25) is 14.5 Å². The highest BCUT2D eigenvalue weighted by Gasteiger charge is 2.52. The van der Waals surface area contributed by atoms with Crippen molar-refractivity contribution in [3.8, 4) is 0 Å². The molecule has 8 heteroatoms. The molecule has 0 atom stereocenters. The van der Waals surface area contributed by atoms with E-state index in [-0.39, 0.29) is 18.4 Å². The fourth-order valence-corrected chi connectivity index (χ4v) is 4.77. The number of carbonyl (C=O) groups excluding carboxylic acids is 3. The summed E-state index contributed by atoms with van der Waals surface area (Å²) in [5, 5.41) is 10.1. The second kappa shape index (κ2) is 7.56. The van der Waals surface area contributed by atoms with E-state index in [0.29, 0.717) is 30.6 Å². The van der Waals surface area contributed by atoms with Gasteiger partial charge in [0.2, 0.25) is 5.91 Å². The number of carbonyl (C=O) groups is 3. The van der Waals surface area contributed by atoms with Gasteiger partial charge < -0.3 is 10.6 Å². The molecule has 2 heterocycles. The highest BCUT2D eigenvalue weighted by atomic mass is 16.2. The molecule has 1 spiro atoms. The summed E-state index contributed by atoms with van der Waals surface area (Å²) in [6.45, 7) is 1.90. The van der Waals surface area contributed by atoms with E-state index in [4.69, 9.17) is 0 Å². The maximum absolute atomic E-state index is 12.9. The van der Waals surface area contributed by atoms with Gasteiger partial charge in [0, 0.05) is 6.07 Å². The molecule has 8 nitrogen and oxygen atoms in total. The molecule has 4 rings (SSSR count). The topological polar surface area (TPSA) is 96.3 Å². The van der Waals surface area contributed by atoms with Crippen LogP contribution < -0.4 is 10.6 Å². The molecule has 1 aromatic heterocycles. The fraction of sp³-hybridized carbons (Fsp3) is 0.700. The Labute approximate surface area is 165 Å². The molecule has 4 amide bonds. The van der Waals surface area contributed by atoms with E-state index < -0.39 is 11.6 Å². The van der Waals surface area contributed by atoms with Gasteiger partial charge in [-0.1, -0.05) is 26.2 Å². The zero-order valence-electron chi connectivity index (χ0n) is 16.4. The van der Waals surface area contributed by atoms with E-state index in [0.717, 1.165) is 30.6 Å². The first-order chi connectivity index (χ1) is 13.5. The predicted molar refractivity (Wildman–Crippen MR) is 104 cm³/mol. The monoisotopic (exact) mass is 387 g/mol. The van der Waals surface area contributed by atoms with E-state index in [1.807, 2.05) is 4.68 Å². The first kappa shape index (κ1) is 19.0. The lowest BCUT2D eigenvalue weighted by Crippen LogP contribution is -2.49. The third-order valence-corrected chi connectivity index (χ3v) is 6.53. The van der Waals surface area contributed by atoms with Crippen molar-refractivity contribution in [2.24, 2.45) is 5.92 Å². The van der Waals surface area contributed by atoms with Crippen molar-refractivity contribution in [3.63, 3.8) is 0 Å². The summed E-state index contributed by atoms with van der Waals surface area (Å²) in [5.74, 6) is 0.556. The second-order valence-electron chi connectivity index (χ2n) is 8.59. The average Bonchev–Trinajstić information content (AvgIpc) is 3.24. The van der Waals surface area contributed by atoms with Crippen LogP contribution >= 0.6 is 0 Å². The average molecular weight is 387 g/mol. The second-order valence-corrected chi connectivity index (χ2v) is 8.59. The summed E-state index contributed by atoms with van der Waals surface area (Å²) in [6.07, 6.45) is 10.5. The van der Waals surface area contributed by atoms with Gasteiger partial charge in [-0.2, -0.15) is 5.10 Å². The molecule has 0 unspecified atom stereocenters. The minimum Gasteiger partial charge on any atom is -0.323 e. The molecule has 0 radical (unpaired) electrons. The zero-order chi connectivity index (χ0) is 19.7. The number of amides is 4. The summed E-state index contributed by atoms with van der Waals surface area (Å²) < 4.78 is 1.87. The lowest BCUT2D eigenvalue weighted by atomic mass is 9.77. The Morgan fingerprint density at radius 3 is 2.64 bits per heavy atom. The maximum atomic E-state index is 12.9. The number of hydrogen-bond donors (Lipinski definition) is 2. The molecule has 1 aliphatic heterocycles. The largest absolute Gasteiger partial charge is 0.325 e. The molecule has 3 aliphatic rings. The van der Waals surface area contributed by atoms with Crippen molar-refractivity contribution in [3.05, 3.63) is 12.3 Å². The van der Waals surface area contributed by atoms with E-state index in [9.17, 15) is 14.4 Å². The first-order valence-corrected chi connectivity index (χ1v) is 10.5. The molecule has 1 saturated heterocycles. The number of anilines is 1. The van der Waals surface area contributed by atoms with Gasteiger partial charge in [-0.25, -0.2) is 9.48 Å². The number of aromatic nitrogens is 2. The lowest BCUT2D eigenvalue weighted by molar-refractivity contribution is -0.135. The quantitative estimate of drug-likeness (QED) is 0.777. The Morgan fingerprint density at radius 1 is 1.21 bits per heavy atom. The van der Waals surface area contributed by atoms with Crippen molar-refractivity contribution in [1.82, 2.24) is 20.0 Å². The van der Waals surface area contributed by atoms with Gasteiger partial charge in [-0.05, 0) is 44.4 Å². The van der Waals surface area contributed by atoms with Crippen LogP contribution in [-0.4, -0.2) is 44.6 Å². The van der Waals surface area contributed by atoms with Crippen LogP contribution in [-0.2, 0) is 9.59 Å². The van der Waals surface area contributed by atoms with Gasteiger partial charge in [-0.15, -0.1) is 0 Å². The minimum atomic E-state index is -0.812. The van der Waals surface area contributed by atoms with E-state index in [1.54, 1.807) is 12.3 Å². The third-order valence-electron chi connectivity index (χ3n) is 6.53. The summed E-state index contributed by atoms with van der Waals surface area (Å²) >= 11 is 0. The standard InChI is InChI=1S/C20H29N5O3/c1-14-7-10-20(11-8-14)18(27)24(19(28)23-20)13-17(26)22-16-9-12-21-25(16)15-5-3-2-4-6-15/h9,12,14-15H,2-8,10-11,13H2,1H3,(H,22,26)(H,23,28). The van der Waals surface area contributed by atoms with Crippen LogP contribution in [0.2, 0.25) is 0 Å². The van der Waals surface area contributed by atoms with Crippen LogP contribution in [0.4, 0.5) is 10.6 Å². The van der Waals surface area contributed by atoms with Gasteiger partial charge in [0.15, 0.2) is 0 Å². The van der Waals surface area contributed by atoms with Crippen molar-refractivity contribution < 1.29 is 14.4 Å². The van der Waals surface area contributed by atoms with Crippen molar-refractivity contribution in [2.75, 3.05) is 11.9 Å². The van der Waals surface area contributed by atoms with Crippen LogP contribution in [0, 0.1) is 5.92 Å². The predicted octanol–water partition coefficient (Wildman–Crippen LogP) is 2.83. The first-order valence-electron chi connectivity index (χ1n) is 10.5. The Hall–Kier alpha value is -2.38. The van der Waals surface area contributed by atoms with Crippen LogP contribution in [0.3, 0.4) is 0 Å². The van der Waals surface area contributed by atoms with Gasteiger partial charge in [0.05, 0.1) is 12.2 Å². The Bertz CT molecular complexity index is 760. The summed E-state index contributed by atoms with van der Waals surface area (Å²) in [7, 11) is 0. The fourth-order valence-electron chi connectivity index (χ4n) is 4.77. The Balaban J connectivity index is 1.40. The Morgan fingerprint density at radius 2 is 1.93 bits per heavy atom. The number of rotatable bonds is 4. The summed E-state index contributed by atoms with van der Waals surface area (Å²) in [6, 6.07) is 1.60. The maximum Gasteiger partial charge on any atom is 0.325 e. The number of nitrogens with one attached hydrogen (secondary N) is 2. The van der Waals surface area contributed by atoms with Gasteiger partial charge >= 0.3 is 6.03 Å². The third kappa shape index (κ3) is 3.52. The van der Waals surface area contributed by atoms with Crippen molar-refractivity contribution in [2.45, 2.75) is 76.3 Å². The Kier molecular flexibility index (Phi) is 5.12. The van der Waals surface area contributed by atoms with Crippen LogP contribution in [0.15, 0.2) is 12.3 Å². The zero-order valence-corrected chi connectivity index (χ0v) is 16.4. The molecule has 2 aliphatic carbocycles. The van der Waals surface area contributed by atoms with Crippen molar-refractivity contribution in [1.29, 1.82) is 0 Å². The SMILES string of the molecule is CC1CCC2(CC1)NC(=O)N(CC(=O)Nc1ccnn1C1CCCCC1)C2=O. The molecule has 152 valence electrons. The molecule has 2 saturated carbocycles. The van der Waals surface area contributed by atoms with Crippen LogP contribution in [0.25, 0.3) is 0 Å². The van der Waals surface area contributed by atoms with Crippen molar-refractivity contribution >= 4 is 23.7 Å². The molecule has 0 aromatic carbocycles. The van der Waals surface area contributed by atoms with E-state index in [1.165, 1.54) is 19.3 Å². The smallest absolute Gasteiger partial charge is 0.323 e. The molecular formula is C20H29N5O3. The number of urea groups is 1.